The summed E-state index contributed by atoms with van der Waals surface area (Å²) in [6.45, 7) is 1.88. The maximum Gasteiger partial charge on any atom is 0.326 e. The van der Waals surface area contributed by atoms with Crippen molar-refractivity contribution in [3.63, 3.8) is 0 Å². The van der Waals surface area contributed by atoms with E-state index in [-0.39, 0.29) is 5.91 Å². The minimum absolute atomic E-state index is 0.372. The van der Waals surface area contributed by atoms with Crippen molar-refractivity contribution >= 4 is 46.3 Å². The maximum atomic E-state index is 13.2. The largest absolute Gasteiger partial charge is 0.480 e. The molecule has 2 atom stereocenters. The van der Waals surface area contributed by atoms with E-state index in [1.54, 1.807) is 29.2 Å². The topological polar surface area (TPSA) is 81.7 Å². The van der Waals surface area contributed by atoms with E-state index in [2.05, 4.69) is 32.4 Å². The van der Waals surface area contributed by atoms with Gasteiger partial charge in [0.1, 0.15) is 6.04 Å². The average molecular weight is 510 g/mol. The van der Waals surface area contributed by atoms with Crippen LogP contribution in [0.1, 0.15) is 29.6 Å². The molecule has 8 heteroatoms. The second kappa shape index (κ2) is 12.1. The van der Waals surface area contributed by atoms with Crippen LogP contribution in [0.2, 0.25) is 0 Å². The van der Waals surface area contributed by atoms with Crippen molar-refractivity contribution in [2.24, 2.45) is 0 Å². The van der Waals surface area contributed by atoms with Gasteiger partial charge < -0.3 is 20.6 Å². The maximum absolute atomic E-state index is 13.2. The molecular formula is C27H31N3O3S2. The van der Waals surface area contributed by atoms with Crippen LogP contribution < -0.4 is 15.5 Å². The molecule has 3 N–H and O–H groups in total. The Hall–Kier alpha value is -2.97. The highest BCUT2D eigenvalue weighted by atomic mass is 32.2. The lowest BCUT2D eigenvalue weighted by Gasteiger charge is -2.26. The number of benzene rings is 2. The summed E-state index contributed by atoms with van der Waals surface area (Å²) in [5, 5.41) is 20.2. The molecule has 0 radical (unpaired) electrons. The standard InChI is InChI=1S/C27H31N3O3S2/c1-34-14-12-25(27(32)33)29-26(31)23-10-9-20(16-24(23)19-6-3-2-4-7-19)28-17-21-8-5-13-30(21)22-11-15-35-18-22/h2-4,6-7,9-11,15-16,18,21,25,28H,5,8,12-14,17H2,1H3,(H,29,31)(H,32,33)/t21-,25?/m0/s1. The van der Waals surface area contributed by atoms with Gasteiger partial charge in [0, 0.05) is 41.4 Å². The van der Waals surface area contributed by atoms with Gasteiger partial charge in [0.2, 0.25) is 0 Å². The quantitative estimate of drug-likeness (QED) is 0.320. The second-order valence-corrected chi connectivity index (χ2v) is 10.4. The van der Waals surface area contributed by atoms with Crippen LogP contribution in [0.25, 0.3) is 11.1 Å². The first-order valence-electron chi connectivity index (χ1n) is 11.8. The third-order valence-electron chi connectivity index (χ3n) is 6.32. The van der Waals surface area contributed by atoms with E-state index in [1.807, 2.05) is 48.7 Å². The van der Waals surface area contributed by atoms with Crippen LogP contribution in [0.4, 0.5) is 11.4 Å². The van der Waals surface area contributed by atoms with Crippen LogP contribution >= 0.6 is 23.1 Å². The van der Waals surface area contributed by atoms with Gasteiger partial charge in [-0.05, 0) is 72.0 Å². The zero-order valence-electron chi connectivity index (χ0n) is 19.8. The van der Waals surface area contributed by atoms with Gasteiger partial charge in [0.25, 0.3) is 5.91 Å². The summed E-state index contributed by atoms with van der Waals surface area (Å²) < 4.78 is 0. The van der Waals surface area contributed by atoms with Crippen LogP contribution in [0.3, 0.4) is 0 Å². The lowest BCUT2D eigenvalue weighted by Crippen LogP contribution is -2.41. The molecule has 1 aliphatic rings. The Kier molecular flexibility index (Phi) is 8.71. The zero-order valence-corrected chi connectivity index (χ0v) is 21.4. The Morgan fingerprint density at radius 1 is 1.20 bits per heavy atom. The molecule has 2 heterocycles. The van der Waals surface area contributed by atoms with E-state index >= 15 is 0 Å². The number of anilines is 2. The van der Waals surface area contributed by atoms with Crippen LogP contribution in [-0.4, -0.2) is 54.2 Å². The fourth-order valence-corrected chi connectivity index (χ4v) is 5.60. The number of amides is 1. The number of thioether (sulfide) groups is 1. The highest BCUT2D eigenvalue weighted by molar-refractivity contribution is 7.98. The Balaban J connectivity index is 1.53. The molecule has 1 fully saturated rings. The smallest absolute Gasteiger partial charge is 0.326 e. The Bertz CT molecular complexity index is 1120. The highest BCUT2D eigenvalue weighted by Crippen LogP contribution is 2.30. The average Bonchev–Trinajstić information content (AvgIpc) is 3.57. The first-order chi connectivity index (χ1) is 17.1. The zero-order chi connectivity index (χ0) is 24.6. The minimum Gasteiger partial charge on any atom is -0.480 e. The predicted molar refractivity (Wildman–Crippen MR) is 147 cm³/mol. The van der Waals surface area contributed by atoms with Crippen molar-refractivity contribution in [1.82, 2.24) is 5.32 Å². The first kappa shape index (κ1) is 25.1. The monoisotopic (exact) mass is 509 g/mol. The van der Waals surface area contributed by atoms with E-state index in [4.69, 9.17) is 0 Å². The number of carboxylic acid groups (broad SMARTS) is 1. The highest BCUT2D eigenvalue weighted by Gasteiger charge is 2.25. The van der Waals surface area contributed by atoms with E-state index in [1.165, 1.54) is 12.1 Å². The van der Waals surface area contributed by atoms with E-state index < -0.39 is 12.0 Å². The molecule has 4 rings (SSSR count). The molecule has 0 spiro atoms. The van der Waals surface area contributed by atoms with E-state index in [0.717, 1.165) is 36.3 Å². The van der Waals surface area contributed by atoms with Crippen molar-refractivity contribution in [1.29, 1.82) is 0 Å². The number of nitrogens with zero attached hydrogens (tertiary/aromatic N) is 1. The number of nitrogens with one attached hydrogen (secondary N) is 2. The molecule has 184 valence electrons. The number of hydrogen-bond donors (Lipinski definition) is 3. The Morgan fingerprint density at radius 2 is 2.03 bits per heavy atom. The predicted octanol–water partition coefficient (Wildman–Crippen LogP) is 5.43. The van der Waals surface area contributed by atoms with Gasteiger partial charge in [-0.3, -0.25) is 4.79 Å². The third kappa shape index (κ3) is 6.38. The lowest BCUT2D eigenvalue weighted by atomic mass is 9.98. The summed E-state index contributed by atoms with van der Waals surface area (Å²) in [5.41, 5.74) is 4.39. The number of aliphatic carboxylic acids is 1. The first-order valence-corrected chi connectivity index (χ1v) is 14.1. The van der Waals surface area contributed by atoms with Crippen LogP contribution in [-0.2, 0) is 4.79 Å². The number of carboxylic acids is 1. The molecule has 0 aliphatic carbocycles. The summed E-state index contributed by atoms with van der Waals surface area (Å²) >= 11 is 3.28. The van der Waals surface area contributed by atoms with Gasteiger partial charge in [-0.15, -0.1) is 0 Å². The summed E-state index contributed by atoms with van der Waals surface area (Å²) in [7, 11) is 0. The van der Waals surface area contributed by atoms with Gasteiger partial charge in [-0.1, -0.05) is 30.3 Å². The normalized spacial score (nSPS) is 16.1. The lowest BCUT2D eigenvalue weighted by molar-refractivity contribution is -0.139. The molecule has 1 aromatic heterocycles. The number of thiophene rings is 1. The molecule has 1 saturated heterocycles. The summed E-state index contributed by atoms with van der Waals surface area (Å²) in [6.07, 6.45) is 4.62. The molecule has 1 amide bonds. The third-order valence-corrected chi connectivity index (χ3v) is 7.63. The number of rotatable bonds is 11. The number of carbonyl (C=O) groups is 2. The molecule has 1 unspecified atom stereocenters. The SMILES string of the molecule is CSCCC(NC(=O)c1ccc(NC[C@@H]2CCCN2c2ccsc2)cc1-c1ccccc1)C(=O)O. The van der Waals surface area contributed by atoms with Crippen molar-refractivity contribution in [2.45, 2.75) is 31.3 Å². The fraction of sp³-hybridized carbons (Fsp3) is 0.333. The molecule has 2 aromatic carbocycles. The fourth-order valence-electron chi connectivity index (χ4n) is 4.48. The molecule has 1 aliphatic heterocycles. The minimum atomic E-state index is -1.02. The van der Waals surface area contributed by atoms with E-state index in [9.17, 15) is 14.7 Å². The van der Waals surface area contributed by atoms with Crippen molar-refractivity contribution in [3.8, 4) is 11.1 Å². The van der Waals surface area contributed by atoms with Gasteiger partial charge in [0.15, 0.2) is 0 Å². The molecule has 35 heavy (non-hydrogen) atoms. The Morgan fingerprint density at radius 3 is 2.74 bits per heavy atom. The second-order valence-electron chi connectivity index (χ2n) is 8.62. The van der Waals surface area contributed by atoms with Gasteiger partial charge in [-0.2, -0.15) is 23.1 Å². The number of carbonyl (C=O) groups excluding carboxylic acids is 1. The van der Waals surface area contributed by atoms with Gasteiger partial charge in [-0.25, -0.2) is 4.79 Å². The van der Waals surface area contributed by atoms with Crippen LogP contribution in [0.5, 0.6) is 0 Å². The Labute approximate surface area is 214 Å². The van der Waals surface area contributed by atoms with E-state index in [0.29, 0.717) is 23.8 Å². The van der Waals surface area contributed by atoms with Crippen LogP contribution in [0.15, 0.2) is 65.4 Å². The van der Waals surface area contributed by atoms with Crippen molar-refractivity contribution < 1.29 is 14.7 Å². The van der Waals surface area contributed by atoms with Gasteiger partial charge in [0.05, 0.1) is 0 Å². The number of hydrogen-bond acceptors (Lipinski definition) is 6. The summed E-state index contributed by atoms with van der Waals surface area (Å²) in [4.78, 5) is 27.3. The molecule has 6 nitrogen and oxygen atoms in total. The van der Waals surface area contributed by atoms with Gasteiger partial charge >= 0.3 is 5.97 Å². The molecule has 3 aromatic rings. The molecule has 0 bridgehead atoms. The van der Waals surface area contributed by atoms with Crippen molar-refractivity contribution in [3.05, 3.63) is 70.9 Å². The summed E-state index contributed by atoms with van der Waals surface area (Å²) in [5.74, 6) is -0.725. The van der Waals surface area contributed by atoms with Crippen LogP contribution in [0, 0.1) is 0 Å². The molecular weight excluding hydrogens is 478 g/mol. The molecule has 0 saturated carbocycles. The van der Waals surface area contributed by atoms with Crippen molar-refractivity contribution in [2.75, 3.05) is 35.3 Å². The summed E-state index contributed by atoms with van der Waals surface area (Å²) in [6, 6.07) is 17.1.